The maximum Gasteiger partial charge on any atom is 0.332 e. The molecule has 0 saturated carbocycles. The lowest BCUT2D eigenvalue weighted by molar-refractivity contribution is 0.594. The number of halogens is 2. The molecule has 0 bridgehead atoms. The molecule has 0 atom stereocenters. The number of hydrogen-bond acceptors (Lipinski definition) is 4. The summed E-state index contributed by atoms with van der Waals surface area (Å²) in [7, 11) is 3.32. The Morgan fingerprint density at radius 3 is 2.06 bits per heavy atom. The average molecular weight is 457 g/mol. The van der Waals surface area contributed by atoms with Crippen molar-refractivity contribution in [1.29, 1.82) is 0 Å². The van der Waals surface area contributed by atoms with Crippen LogP contribution in [0.15, 0.2) is 64.4 Å². The summed E-state index contributed by atoms with van der Waals surface area (Å²) in [5.41, 5.74) is 1.78. The second kappa shape index (κ2) is 9.12. The van der Waals surface area contributed by atoms with Gasteiger partial charge in [0, 0.05) is 20.6 Å². The summed E-state index contributed by atoms with van der Waals surface area (Å²) in [6.45, 7) is 0.263. The summed E-state index contributed by atoms with van der Waals surface area (Å²) in [5, 5.41) is -0.129. The van der Waals surface area contributed by atoms with E-state index in [1.165, 1.54) is 39.7 Å². The smallest absolute Gasteiger partial charge is 0.328 e. The van der Waals surface area contributed by atoms with Crippen molar-refractivity contribution in [2.45, 2.75) is 18.2 Å². The van der Waals surface area contributed by atoms with Gasteiger partial charge in [-0.25, -0.2) is 18.6 Å². The molecule has 9 heteroatoms. The van der Waals surface area contributed by atoms with Crippen LogP contribution in [0.5, 0.6) is 0 Å². The molecule has 0 radical (unpaired) electrons. The summed E-state index contributed by atoms with van der Waals surface area (Å²) in [6.07, 6.45) is 2.09. The lowest BCUT2D eigenvalue weighted by Crippen LogP contribution is -2.39. The number of hydrogen-bond donors (Lipinski definition) is 0. The molecule has 0 fully saturated rings. The predicted molar refractivity (Wildman–Crippen MR) is 122 cm³/mol. The molecule has 0 aliphatic carbocycles. The van der Waals surface area contributed by atoms with Crippen LogP contribution < -0.4 is 11.2 Å². The molecule has 166 valence electrons. The first-order chi connectivity index (χ1) is 15.4. The van der Waals surface area contributed by atoms with E-state index in [0.29, 0.717) is 23.3 Å². The number of aryl methyl sites for hydroxylation is 2. The van der Waals surface area contributed by atoms with Crippen LogP contribution in [0.4, 0.5) is 8.78 Å². The molecule has 2 aromatic carbocycles. The van der Waals surface area contributed by atoms with E-state index in [9.17, 15) is 18.4 Å². The Balaban J connectivity index is 1.53. The van der Waals surface area contributed by atoms with Gasteiger partial charge in [-0.1, -0.05) is 24.3 Å². The highest BCUT2D eigenvalue weighted by Crippen LogP contribution is 2.36. The van der Waals surface area contributed by atoms with E-state index in [1.807, 2.05) is 0 Å². The van der Waals surface area contributed by atoms with Gasteiger partial charge in [-0.2, -0.15) is 0 Å². The maximum absolute atomic E-state index is 13.4. The molecule has 0 amide bonds. The maximum atomic E-state index is 13.4. The van der Waals surface area contributed by atoms with Gasteiger partial charge in [-0.05, 0) is 47.6 Å². The highest BCUT2D eigenvalue weighted by Gasteiger charge is 2.17. The zero-order valence-corrected chi connectivity index (χ0v) is 18.5. The zero-order chi connectivity index (χ0) is 22.8. The van der Waals surface area contributed by atoms with Gasteiger partial charge in [0.05, 0.1) is 11.6 Å². The molecule has 0 spiro atoms. The van der Waals surface area contributed by atoms with Gasteiger partial charge in [-0.15, -0.1) is 11.8 Å². The van der Waals surface area contributed by atoms with E-state index in [4.69, 9.17) is 0 Å². The quantitative estimate of drug-likeness (QED) is 0.399. The predicted octanol–water partition coefficient (Wildman–Crippen LogP) is 3.62. The second-order valence-electron chi connectivity index (χ2n) is 7.53. The Bertz CT molecular complexity index is 1310. The highest BCUT2D eigenvalue weighted by molar-refractivity contribution is 7.99. The van der Waals surface area contributed by atoms with Crippen LogP contribution in [-0.2, 0) is 20.6 Å². The summed E-state index contributed by atoms with van der Waals surface area (Å²) < 4.78 is 31.0. The molecular formula is C23H22F2N4O2S. The van der Waals surface area contributed by atoms with E-state index in [1.54, 1.807) is 54.7 Å². The fourth-order valence-corrected chi connectivity index (χ4v) is 4.91. The number of imidazole rings is 1. The summed E-state index contributed by atoms with van der Waals surface area (Å²) >= 11 is 1.60. The molecule has 0 unspecified atom stereocenters. The van der Waals surface area contributed by atoms with Gasteiger partial charge in [0.25, 0.3) is 5.56 Å². The van der Waals surface area contributed by atoms with Crippen LogP contribution in [0.1, 0.15) is 22.8 Å². The van der Waals surface area contributed by atoms with E-state index >= 15 is 0 Å². The number of aromatic nitrogens is 4. The highest BCUT2D eigenvalue weighted by atomic mass is 32.2. The molecule has 4 rings (SSSR count). The van der Waals surface area contributed by atoms with Crippen LogP contribution >= 0.6 is 11.8 Å². The first-order valence-electron chi connectivity index (χ1n) is 10.1. The molecule has 0 N–H and O–H groups in total. The van der Waals surface area contributed by atoms with Crippen LogP contribution in [-0.4, -0.2) is 24.4 Å². The van der Waals surface area contributed by atoms with Crippen molar-refractivity contribution in [3.8, 4) is 0 Å². The fourth-order valence-electron chi connectivity index (χ4n) is 3.68. The second-order valence-corrected chi connectivity index (χ2v) is 8.75. The summed E-state index contributed by atoms with van der Waals surface area (Å²) in [4.78, 5) is 29.6. The third-order valence-electron chi connectivity index (χ3n) is 5.36. The van der Waals surface area contributed by atoms with Crippen molar-refractivity contribution >= 4 is 22.9 Å². The first-order valence-corrected chi connectivity index (χ1v) is 11.1. The van der Waals surface area contributed by atoms with Gasteiger partial charge < -0.3 is 4.57 Å². The minimum Gasteiger partial charge on any atom is -0.328 e. The molecule has 0 saturated heterocycles. The molecule has 0 aliphatic heterocycles. The van der Waals surface area contributed by atoms with Gasteiger partial charge in [0.2, 0.25) is 0 Å². The normalized spacial score (nSPS) is 11.5. The van der Waals surface area contributed by atoms with Gasteiger partial charge in [0.15, 0.2) is 11.2 Å². The van der Waals surface area contributed by atoms with Crippen molar-refractivity contribution < 1.29 is 8.78 Å². The van der Waals surface area contributed by atoms with Crippen molar-refractivity contribution in [3.63, 3.8) is 0 Å². The standard InChI is InChI=1S/C23H22F2N4O2S/c1-27-14-26-21-19(27)22(30)29(23(31)28(21)2)12-3-13-32-20(15-4-8-17(24)9-5-15)16-6-10-18(25)11-7-16/h4-11,14,20H,3,12-13H2,1-2H3. The number of benzene rings is 2. The molecule has 2 aromatic heterocycles. The minimum atomic E-state index is -0.403. The topological polar surface area (TPSA) is 61.8 Å². The van der Waals surface area contributed by atoms with Crippen molar-refractivity contribution in [2.24, 2.45) is 14.1 Å². The Hall–Kier alpha value is -3.20. The van der Waals surface area contributed by atoms with Gasteiger partial charge in [-0.3, -0.25) is 13.9 Å². The Kier molecular flexibility index (Phi) is 6.27. The fraction of sp³-hybridized carbons (Fsp3) is 0.261. The zero-order valence-electron chi connectivity index (χ0n) is 17.7. The van der Waals surface area contributed by atoms with E-state index < -0.39 is 5.69 Å². The van der Waals surface area contributed by atoms with E-state index in [-0.39, 0.29) is 29.0 Å². The Labute approximate surface area is 187 Å². The third-order valence-corrected chi connectivity index (χ3v) is 6.76. The van der Waals surface area contributed by atoms with Gasteiger partial charge in [0.1, 0.15) is 11.6 Å². The summed E-state index contributed by atoms with van der Waals surface area (Å²) in [5.74, 6) is -0.00640. The van der Waals surface area contributed by atoms with Crippen LogP contribution in [0.25, 0.3) is 11.2 Å². The monoisotopic (exact) mass is 456 g/mol. The Morgan fingerprint density at radius 1 is 0.938 bits per heavy atom. The van der Waals surface area contributed by atoms with Crippen LogP contribution in [0.3, 0.4) is 0 Å². The number of nitrogens with zero attached hydrogens (tertiary/aromatic N) is 4. The largest absolute Gasteiger partial charge is 0.332 e. The first kappa shape index (κ1) is 22.0. The SMILES string of the molecule is Cn1cnc2c1c(=O)n(CCCSC(c1ccc(F)cc1)c1ccc(F)cc1)c(=O)n2C. The molecule has 2 heterocycles. The molecule has 6 nitrogen and oxygen atoms in total. The lowest BCUT2D eigenvalue weighted by Gasteiger charge is -2.18. The number of rotatable bonds is 7. The molecule has 4 aromatic rings. The number of fused-ring (bicyclic) bond motifs is 1. The minimum absolute atomic E-state index is 0.129. The lowest BCUT2D eigenvalue weighted by atomic mass is 10.0. The molecule has 32 heavy (non-hydrogen) atoms. The third kappa shape index (κ3) is 4.25. The van der Waals surface area contributed by atoms with Crippen molar-refractivity contribution in [3.05, 3.63) is 98.5 Å². The summed E-state index contributed by atoms with van der Waals surface area (Å²) in [6, 6.07) is 12.5. The van der Waals surface area contributed by atoms with Crippen molar-refractivity contribution in [1.82, 2.24) is 18.7 Å². The molecular weight excluding hydrogens is 434 g/mol. The Morgan fingerprint density at radius 2 is 1.50 bits per heavy atom. The number of thioether (sulfide) groups is 1. The average Bonchev–Trinajstić information content (AvgIpc) is 3.18. The van der Waals surface area contributed by atoms with Gasteiger partial charge >= 0.3 is 5.69 Å². The van der Waals surface area contributed by atoms with E-state index in [2.05, 4.69) is 4.98 Å². The van der Waals surface area contributed by atoms with Crippen LogP contribution in [0, 0.1) is 11.6 Å². The molecule has 0 aliphatic rings. The van der Waals surface area contributed by atoms with E-state index in [0.717, 1.165) is 11.1 Å². The van der Waals surface area contributed by atoms with Crippen molar-refractivity contribution in [2.75, 3.05) is 5.75 Å². The van der Waals surface area contributed by atoms with Crippen LogP contribution in [0.2, 0.25) is 0 Å².